The standard InChI is InChI=1S/C13H12Cl2N2S2/c14-10-1-2-11(12(15)7-10)13(18-5-6-19-13)8-17-4-3-16-9-17/h1-4,7,9H,5-6,8H2. The SMILES string of the molecule is Clc1ccc(C2(Cn3ccnc3)SCCS2)c(Cl)c1. The summed E-state index contributed by atoms with van der Waals surface area (Å²) in [7, 11) is 0. The highest BCUT2D eigenvalue weighted by molar-refractivity contribution is 8.20. The molecule has 0 atom stereocenters. The summed E-state index contributed by atoms with van der Waals surface area (Å²) in [6.07, 6.45) is 5.65. The third-order valence-electron chi connectivity index (χ3n) is 3.05. The molecule has 0 unspecified atom stereocenters. The Morgan fingerprint density at radius 1 is 1.26 bits per heavy atom. The molecule has 6 heteroatoms. The fraction of sp³-hybridized carbons (Fsp3) is 0.308. The minimum Gasteiger partial charge on any atom is -0.335 e. The lowest BCUT2D eigenvalue weighted by Crippen LogP contribution is -2.22. The van der Waals surface area contributed by atoms with Gasteiger partial charge in [0.05, 0.1) is 12.9 Å². The molecule has 0 saturated carbocycles. The van der Waals surface area contributed by atoms with Gasteiger partial charge in [-0.1, -0.05) is 29.3 Å². The summed E-state index contributed by atoms with van der Waals surface area (Å²) >= 11 is 16.3. The first-order valence-electron chi connectivity index (χ1n) is 5.89. The Morgan fingerprint density at radius 3 is 2.68 bits per heavy atom. The second-order valence-corrected chi connectivity index (χ2v) is 8.20. The van der Waals surface area contributed by atoms with Crippen molar-refractivity contribution in [3.63, 3.8) is 0 Å². The van der Waals surface area contributed by atoms with Gasteiger partial charge in [0.15, 0.2) is 0 Å². The fourth-order valence-electron chi connectivity index (χ4n) is 2.21. The van der Waals surface area contributed by atoms with Crippen LogP contribution in [-0.2, 0) is 10.6 Å². The summed E-state index contributed by atoms with van der Waals surface area (Å²) in [5.74, 6) is 2.27. The Labute approximate surface area is 130 Å². The molecule has 1 aromatic heterocycles. The molecule has 0 amide bonds. The van der Waals surface area contributed by atoms with Gasteiger partial charge in [0.25, 0.3) is 0 Å². The zero-order valence-corrected chi connectivity index (χ0v) is 13.2. The smallest absolute Gasteiger partial charge is 0.105 e. The fourth-order valence-corrected chi connectivity index (χ4v) is 6.19. The van der Waals surface area contributed by atoms with Gasteiger partial charge in [-0.15, -0.1) is 23.5 Å². The summed E-state index contributed by atoms with van der Waals surface area (Å²) < 4.78 is 2.07. The highest BCUT2D eigenvalue weighted by atomic mass is 35.5. The molecule has 100 valence electrons. The van der Waals surface area contributed by atoms with Crippen LogP contribution in [0.1, 0.15) is 5.56 Å². The van der Waals surface area contributed by atoms with E-state index in [1.165, 1.54) is 0 Å². The Hall–Kier alpha value is -0.290. The van der Waals surface area contributed by atoms with Crippen LogP contribution in [0.5, 0.6) is 0 Å². The van der Waals surface area contributed by atoms with E-state index in [1.807, 2.05) is 54.2 Å². The molecule has 1 fully saturated rings. The van der Waals surface area contributed by atoms with E-state index in [-0.39, 0.29) is 4.08 Å². The van der Waals surface area contributed by atoms with Crippen molar-refractivity contribution in [3.05, 3.63) is 52.5 Å². The molecule has 0 radical (unpaired) electrons. The number of benzene rings is 1. The zero-order chi connectivity index (χ0) is 13.3. The molecule has 1 aliphatic rings. The molecule has 2 nitrogen and oxygen atoms in total. The first kappa shape index (κ1) is 13.7. The monoisotopic (exact) mass is 330 g/mol. The van der Waals surface area contributed by atoms with Crippen molar-refractivity contribution < 1.29 is 0 Å². The van der Waals surface area contributed by atoms with E-state index in [1.54, 1.807) is 6.20 Å². The van der Waals surface area contributed by atoms with Crippen LogP contribution in [0.15, 0.2) is 36.9 Å². The van der Waals surface area contributed by atoms with E-state index in [2.05, 4.69) is 9.55 Å². The summed E-state index contributed by atoms with van der Waals surface area (Å²) in [5.41, 5.74) is 1.15. The topological polar surface area (TPSA) is 17.8 Å². The van der Waals surface area contributed by atoms with Gasteiger partial charge in [-0.05, 0) is 17.7 Å². The van der Waals surface area contributed by atoms with Crippen LogP contribution in [0.25, 0.3) is 0 Å². The van der Waals surface area contributed by atoms with Gasteiger partial charge in [0.2, 0.25) is 0 Å². The van der Waals surface area contributed by atoms with Crippen molar-refractivity contribution in [2.75, 3.05) is 11.5 Å². The van der Waals surface area contributed by atoms with E-state index in [4.69, 9.17) is 23.2 Å². The molecule has 0 aliphatic carbocycles. The van der Waals surface area contributed by atoms with Crippen molar-refractivity contribution in [2.45, 2.75) is 10.6 Å². The van der Waals surface area contributed by atoms with Crippen LogP contribution in [0, 0.1) is 0 Å². The second kappa shape index (κ2) is 5.60. The average molecular weight is 331 g/mol. The molecule has 1 aromatic carbocycles. The maximum absolute atomic E-state index is 6.40. The van der Waals surface area contributed by atoms with E-state index in [0.29, 0.717) is 5.02 Å². The molecule has 0 spiro atoms. The second-order valence-electron chi connectivity index (χ2n) is 4.31. The molecule has 2 heterocycles. The molecular formula is C13H12Cl2N2S2. The van der Waals surface area contributed by atoms with Gasteiger partial charge in [-0.2, -0.15) is 0 Å². The molecule has 1 saturated heterocycles. The van der Waals surface area contributed by atoms with E-state index in [9.17, 15) is 0 Å². The van der Waals surface area contributed by atoms with Crippen LogP contribution < -0.4 is 0 Å². The first-order valence-corrected chi connectivity index (χ1v) is 8.61. The average Bonchev–Trinajstić information content (AvgIpc) is 3.02. The summed E-state index contributed by atoms with van der Waals surface area (Å²) in [4.78, 5) is 4.12. The van der Waals surface area contributed by atoms with Crippen LogP contribution in [-0.4, -0.2) is 21.1 Å². The Bertz CT molecular complexity index is 566. The highest BCUT2D eigenvalue weighted by Crippen LogP contribution is 2.54. The van der Waals surface area contributed by atoms with Crippen molar-refractivity contribution in [1.82, 2.24) is 9.55 Å². The van der Waals surface area contributed by atoms with Crippen LogP contribution in [0.3, 0.4) is 0 Å². The predicted octanol–water partition coefficient (Wildman–Crippen LogP) is 4.52. The number of aromatic nitrogens is 2. The van der Waals surface area contributed by atoms with Gasteiger partial charge in [-0.25, -0.2) is 4.98 Å². The number of thioether (sulfide) groups is 2. The first-order chi connectivity index (χ1) is 9.20. The maximum atomic E-state index is 6.40. The van der Waals surface area contributed by atoms with E-state index >= 15 is 0 Å². The lowest BCUT2D eigenvalue weighted by Gasteiger charge is -2.29. The third kappa shape index (κ3) is 2.77. The normalized spacial score (nSPS) is 17.8. The number of hydrogen-bond acceptors (Lipinski definition) is 3. The zero-order valence-electron chi connectivity index (χ0n) is 10.1. The van der Waals surface area contributed by atoms with E-state index in [0.717, 1.165) is 28.6 Å². The highest BCUT2D eigenvalue weighted by Gasteiger charge is 2.39. The largest absolute Gasteiger partial charge is 0.335 e. The molecule has 3 rings (SSSR count). The maximum Gasteiger partial charge on any atom is 0.105 e. The Balaban J connectivity index is 2.00. The van der Waals surface area contributed by atoms with Crippen molar-refractivity contribution in [1.29, 1.82) is 0 Å². The number of imidazole rings is 1. The summed E-state index contributed by atoms with van der Waals surface area (Å²) in [6, 6.07) is 5.79. The third-order valence-corrected chi connectivity index (χ3v) is 7.01. The number of hydrogen-bond donors (Lipinski definition) is 0. The van der Waals surface area contributed by atoms with Gasteiger partial charge >= 0.3 is 0 Å². The van der Waals surface area contributed by atoms with Crippen molar-refractivity contribution >= 4 is 46.7 Å². The minimum atomic E-state index is -0.0393. The van der Waals surface area contributed by atoms with Crippen LogP contribution in [0.2, 0.25) is 10.0 Å². The van der Waals surface area contributed by atoms with Gasteiger partial charge in [0.1, 0.15) is 4.08 Å². The lowest BCUT2D eigenvalue weighted by atomic mass is 10.1. The number of halogens is 2. The quantitative estimate of drug-likeness (QED) is 0.823. The van der Waals surface area contributed by atoms with Gasteiger partial charge in [-0.3, -0.25) is 0 Å². The molecular weight excluding hydrogens is 319 g/mol. The van der Waals surface area contributed by atoms with Gasteiger partial charge in [0, 0.05) is 33.9 Å². The Morgan fingerprint density at radius 2 is 2.05 bits per heavy atom. The van der Waals surface area contributed by atoms with Gasteiger partial charge < -0.3 is 4.57 Å². The number of nitrogens with zero attached hydrogens (tertiary/aromatic N) is 2. The van der Waals surface area contributed by atoms with Crippen molar-refractivity contribution in [2.24, 2.45) is 0 Å². The molecule has 19 heavy (non-hydrogen) atoms. The summed E-state index contributed by atoms with van der Waals surface area (Å²) in [6.45, 7) is 0.865. The van der Waals surface area contributed by atoms with E-state index < -0.39 is 0 Å². The molecule has 1 aliphatic heterocycles. The molecule has 0 bridgehead atoms. The predicted molar refractivity (Wildman–Crippen MR) is 85.3 cm³/mol. The van der Waals surface area contributed by atoms with Crippen LogP contribution in [0.4, 0.5) is 0 Å². The lowest BCUT2D eigenvalue weighted by molar-refractivity contribution is 0.653. The van der Waals surface area contributed by atoms with Crippen LogP contribution >= 0.6 is 46.7 Å². The molecule has 2 aromatic rings. The minimum absolute atomic E-state index is 0.0393. The van der Waals surface area contributed by atoms with Crippen molar-refractivity contribution in [3.8, 4) is 0 Å². The number of rotatable bonds is 3. The molecule has 0 N–H and O–H groups in total. The summed E-state index contributed by atoms with van der Waals surface area (Å²) in [5, 5.41) is 1.43. The Kier molecular flexibility index (Phi) is 4.03.